The summed E-state index contributed by atoms with van der Waals surface area (Å²) < 4.78 is 4.59. The van der Waals surface area contributed by atoms with Gasteiger partial charge >= 0.3 is 0 Å². The van der Waals surface area contributed by atoms with Gasteiger partial charge in [-0.1, -0.05) is 63.8 Å². The van der Waals surface area contributed by atoms with Crippen molar-refractivity contribution in [3.8, 4) is 0 Å². The van der Waals surface area contributed by atoms with Crippen LogP contribution in [0.15, 0.2) is 24.3 Å². The van der Waals surface area contributed by atoms with Gasteiger partial charge in [0.05, 0.1) is 95.6 Å². The van der Waals surface area contributed by atoms with Crippen LogP contribution in [0.4, 0.5) is 0 Å². The lowest BCUT2D eigenvalue weighted by atomic mass is 10.1. The number of quaternary nitrogens is 4. The van der Waals surface area contributed by atoms with Crippen LogP contribution in [0.3, 0.4) is 0 Å². The first-order chi connectivity index (χ1) is 20.7. The average Bonchev–Trinajstić information content (AvgIpc) is 2.94. The van der Waals surface area contributed by atoms with E-state index >= 15 is 0 Å². The lowest BCUT2D eigenvalue weighted by Crippen LogP contribution is -2.41. The molecule has 0 atom stereocenters. The van der Waals surface area contributed by atoms with Gasteiger partial charge in [0.2, 0.25) is 0 Å². The molecule has 0 unspecified atom stereocenters. The molecule has 0 fully saturated rings. The van der Waals surface area contributed by atoms with E-state index in [1.165, 1.54) is 162 Å². The highest BCUT2D eigenvalue weighted by Gasteiger charge is 2.19. The molecule has 1 aromatic rings. The average molecular weight is 687 g/mol. The van der Waals surface area contributed by atoms with Crippen molar-refractivity contribution < 1.29 is 39.8 Å². The zero-order chi connectivity index (χ0) is 33.0. The van der Waals surface area contributed by atoms with Gasteiger partial charge in [-0.3, -0.25) is 0 Å². The van der Waals surface area contributed by atoms with Crippen molar-refractivity contribution in [2.45, 2.75) is 130 Å². The van der Waals surface area contributed by atoms with Crippen LogP contribution in [0, 0.1) is 0 Å². The normalized spacial score (nSPS) is 12.0. The summed E-state index contributed by atoms with van der Waals surface area (Å²) in [5.41, 5.74) is 2.97. The number of hydrogen-bond acceptors (Lipinski definition) is 4. The Balaban J connectivity index is -0.00000242. The zero-order valence-corrected chi connectivity index (χ0v) is 33.9. The second kappa shape index (κ2) is 28.6. The van der Waals surface area contributed by atoms with E-state index in [1.807, 2.05) is 0 Å². The van der Waals surface area contributed by atoms with E-state index < -0.39 is 0 Å². The number of unbranched alkanes of at least 4 members (excludes halogenated alkanes) is 12. The van der Waals surface area contributed by atoms with Crippen molar-refractivity contribution in [3.05, 3.63) is 35.4 Å². The Morgan fingerprint density at radius 1 is 0.312 bits per heavy atom. The van der Waals surface area contributed by atoms with E-state index in [-0.39, 0.29) is 21.9 Å². The molecule has 0 aliphatic heterocycles. The van der Waals surface area contributed by atoms with Gasteiger partial charge in [0.15, 0.2) is 0 Å². The van der Waals surface area contributed by atoms with Crippen molar-refractivity contribution in [3.63, 3.8) is 0 Å². The molecule has 4 N–H and O–H groups in total. The monoisotopic (exact) mass is 687 g/mol. The molecule has 0 amide bonds. The fourth-order valence-electron chi connectivity index (χ4n) is 6.92. The Hall–Kier alpha value is -1.10. The summed E-state index contributed by atoms with van der Waals surface area (Å²) in [6.45, 7) is 14.8. The molecule has 0 saturated carbocycles. The molecule has 0 aromatic heterocycles. The minimum Gasteiger partial charge on any atom is -0.870 e. The molecule has 0 heterocycles. The van der Waals surface area contributed by atoms with Crippen LogP contribution in [0.25, 0.3) is 0 Å². The van der Waals surface area contributed by atoms with Gasteiger partial charge in [0.1, 0.15) is 13.1 Å². The zero-order valence-electron chi connectivity index (χ0n) is 33.9. The van der Waals surface area contributed by atoms with Crippen molar-refractivity contribution >= 4 is 0 Å². The number of hydrogen-bond donors (Lipinski definition) is 0. The van der Waals surface area contributed by atoms with Crippen LogP contribution in [-0.2, 0) is 13.1 Å². The fourth-order valence-corrected chi connectivity index (χ4v) is 6.92. The highest BCUT2D eigenvalue weighted by Crippen LogP contribution is 2.17. The van der Waals surface area contributed by atoms with E-state index in [9.17, 15) is 0 Å². The molecule has 0 bridgehead atoms. The minimum atomic E-state index is 0. The smallest absolute Gasteiger partial charge is 0.104 e. The summed E-state index contributed by atoms with van der Waals surface area (Å²) in [4.78, 5) is 0. The molecule has 0 radical (unpaired) electrons. The van der Waals surface area contributed by atoms with Gasteiger partial charge in [0.25, 0.3) is 0 Å². The van der Waals surface area contributed by atoms with Crippen molar-refractivity contribution in [1.82, 2.24) is 0 Å². The topological polar surface area (TPSA) is 120 Å². The highest BCUT2D eigenvalue weighted by atomic mass is 16.0. The Labute approximate surface area is 300 Å². The van der Waals surface area contributed by atoms with Gasteiger partial charge in [0, 0.05) is 11.1 Å². The van der Waals surface area contributed by atoms with E-state index in [4.69, 9.17) is 0 Å². The predicted molar refractivity (Wildman–Crippen MR) is 204 cm³/mol. The third-order valence-electron chi connectivity index (χ3n) is 10.0. The molecular weight excluding hydrogens is 600 g/mol. The number of nitrogens with zero attached hydrogens (tertiary/aromatic N) is 4. The molecule has 0 aliphatic rings. The SMILES string of the molecule is CCCCCC[N+](C)(C)CCCCCC[N+](C)(C)Cc1ccc(C[N+](C)(C)CCCCCC[N+](C)(C)CCCCCC)cc1.[OH-].[OH-].[OH-].[OH-]. The van der Waals surface area contributed by atoms with Crippen LogP contribution < -0.4 is 0 Å². The fraction of sp³-hybridized carbons (Fsp3) is 0.850. The molecule has 1 rings (SSSR count). The molecule has 0 aliphatic carbocycles. The number of rotatable bonds is 28. The van der Waals surface area contributed by atoms with Crippen LogP contribution in [0.5, 0.6) is 0 Å². The first-order valence-corrected chi connectivity index (χ1v) is 19.1. The van der Waals surface area contributed by atoms with Crippen molar-refractivity contribution in [2.24, 2.45) is 0 Å². The molecule has 8 nitrogen and oxygen atoms in total. The second-order valence-electron chi connectivity index (χ2n) is 17.2. The molecule has 1 aromatic carbocycles. The highest BCUT2D eigenvalue weighted by molar-refractivity contribution is 5.21. The summed E-state index contributed by atoms with van der Waals surface area (Å²) >= 11 is 0. The van der Waals surface area contributed by atoms with Crippen LogP contribution in [0.2, 0.25) is 0 Å². The van der Waals surface area contributed by atoms with Gasteiger partial charge in [-0.15, -0.1) is 0 Å². The maximum atomic E-state index is 2.43. The second-order valence-corrected chi connectivity index (χ2v) is 17.2. The van der Waals surface area contributed by atoms with Gasteiger partial charge in [-0.05, 0) is 77.0 Å². The molecule has 8 heteroatoms. The molecule has 290 valence electrons. The lowest BCUT2D eigenvalue weighted by molar-refractivity contribution is -0.904. The Kier molecular flexibility index (Phi) is 32.0. The van der Waals surface area contributed by atoms with E-state index in [1.54, 1.807) is 0 Å². The van der Waals surface area contributed by atoms with Crippen LogP contribution in [-0.4, -0.2) is 135 Å². The van der Waals surface area contributed by atoms with Crippen LogP contribution in [0.1, 0.15) is 128 Å². The maximum absolute atomic E-state index is 2.43. The summed E-state index contributed by atoms with van der Waals surface area (Å²) in [5, 5.41) is 0. The predicted octanol–water partition coefficient (Wildman–Crippen LogP) is 8.57. The van der Waals surface area contributed by atoms with Crippen LogP contribution >= 0.6 is 0 Å². The van der Waals surface area contributed by atoms with E-state index in [0.29, 0.717) is 0 Å². The Morgan fingerprint density at radius 3 is 0.750 bits per heavy atom. The summed E-state index contributed by atoms with van der Waals surface area (Å²) in [6, 6.07) is 9.60. The van der Waals surface area contributed by atoms with E-state index in [2.05, 4.69) is 94.5 Å². The van der Waals surface area contributed by atoms with Gasteiger partial charge < -0.3 is 39.8 Å². The first kappa shape index (κ1) is 53.7. The molecule has 0 spiro atoms. The summed E-state index contributed by atoms with van der Waals surface area (Å²) in [5.74, 6) is 0. The third kappa shape index (κ3) is 28.7. The molecule has 48 heavy (non-hydrogen) atoms. The minimum absolute atomic E-state index is 0. The Morgan fingerprint density at radius 2 is 0.521 bits per heavy atom. The van der Waals surface area contributed by atoms with Gasteiger partial charge in [-0.2, -0.15) is 0 Å². The Bertz CT molecular complexity index is 775. The summed E-state index contributed by atoms with van der Waals surface area (Å²) in [6.07, 6.45) is 22.0. The first-order valence-electron chi connectivity index (χ1n) is 19.1. The van der Waals surface area contributed by atoms with Gasteiger partial charge in [-0.25, -0.2) is 0 Å². The maximum Gasteiger partial charge on any atom is 0.104 e. The van der Waals surface area contributed by atoms with Crippen molar-refractivity contribution in [2.75, 3.05) is 95.6 Å². The number of benzene rings is 1. The molecular formula is C40H86N4O4. The largest absolute Gasteiger partial charge is 0.870 e. The standard InChI is InChI=1S/C40H82N4.4H2O/c1-11-13-15-21-31-41(3,4)33-23-17-19-25-35-43(7,8)37-39-27-29-40(30-28-39)38-44(9,10)36-26-20-18-24-34-42(5,6)32-22-16-14-12-2;;;;/h27-30H,11-26,31-38H2,1-10H3;4*1H2/q+4;;;;/p-4. The van der Waals surface area contributed by atoms with E-state index in [0.717, 1.165) is 22.1 Å². The van der Waals surface area contributed by atoms with Crippen molar-refractivity contribution in [1.29, 1.82) is 0 Å². The third-order valence-corrected chi connectivity index (χ3v) is 10.0. The molecule has 0 saturated heterocycles. The lowest BCUT2D eigenvalue weighted by Gasteiger charge is -2.31. The summed E-state index contributed by atoms with van der Waals surface area (Å²) in [7, 11) is 19.4. The quantitative estimate of drug-likeness (QED) is 0.0648.